The standard InChI is InChI=1S/C14H13FN2O2/c1-2-5-19-12-6-10(7-16-9-12)14(18)13-4-3-11(15)8-17-13/h3-4,6-9H,2,5H2,1H3. The fourth-order valence-corrected chi connectivity index (χ4v) is 1.50. The summed E-state index contributed by atoms with van der Waals surface area (Å²) in [6.07, 6.45) is 4.87. The first kappa shape index (κ1) is 13.1. The molecule has 0 spiro atoms. The van der Waals surface area contributed by atoms with Gasteiger partial charge in [0.2, 0.25) is 5.78 Å². The van der Waals surface area contributed by atoms with Crippen molar-refractivity contribution >= 4 is 5.78 Å². The minimum absolute atomic E-state index is 0.177. The molecular weight excluding hydrogens is 247 g/mol. The first-order valence-corrected chi connectivity index (χ1v) is 5.95. The van der Waals surface area contributed by atoms with Crippen molar-refractivity contribution in [2.24, 2.45) is 0 Å². The maximum absolute atomic E-state index is 12.7. The van der Waals surface area contributed by atoms with Gasteiger partial charge in [-0.1, -0.05) is 6.92 Å². The second kappa shape index (κ2) is 6.04. The van der Waals surface area contributed by atoms with E-state index in [0.29, 0.717) is 17.9 Å². The highest BCUT2D eigenvalue weighted by atomic mass is 19.1. The van der Waals surface area contributed by atoms with Gasteiger partial charge < -0.3 is 4.74 Å². The van der Waals surface area contributed by atoms with E-state index in [1.165, 1.54) is 18.3 Å². The molecule has 0 N–H and O–H groups in total. The molecule has 0 saturated heterocycles. The van der Waals surface area contributed by atoms with Crippen molar-refractivity contribution in [1.82, 2.24) is 9.97 Å². The van der Waals surface area contributed by atoms with Crippen LogP contribution in [0.5, 0.6) is 5.75 Å². The van der Waals surface area contributed by atoms with Gasteiger partial charge in [-0.3, -0.25) is 9.78 Å². The topological polar surface area (TPSA) is 52.1 Å². The monoisotopic (exact) mass is 260 g/mol. The number of ketones is 1. The molecule has 0 aliphatic rings. The fraction of sp³-hybridized carbons (Fsp3) is 0.214. The Kier molecular flexibility index (Phi) is 4.18. The average molecular weight is 260 g/mol. The van der Waals surface area contributed by atoms with Gasteiger partial charge in [-0.15, -0.1) is 0 Å². The zero-order valence-electron chi connectivity index (χ0n) is 10.5. The van der Waals surface area contributed by atoms with E-state index in [0.717, 1.165) is 12.6 Å². The number of carbonyl (C=O) groups excluding carboxylic acids is 1. The molecule has 0 aliphatic carbocycles. The highest BCUT2D eigenvalue weighted by Crippen LogP contribution is 2.14. The Bertz CT molecular complexity index is 570. The van der Waals surface area contributed by atoms with Gasteiger partial charge in [-0.2, -0.15) is 0 Å². The molecule has 0 fully saturated rings. The first-order chi connectivity index (χ1) is 9.20. The largest absolute Gasteiger partial charge is 0.492 e. The number of carbonyl (C=O) groups is 1. The van der Waals surface area contributed by atoms with Crippen LogP contribution < -0.4 is 4.74 Å². The number of aromatic nitrogens is 2. The molecule has 19 heavy (non-hydrogen) atoms. The lowest BCUT2D eigenvalue weighted by molar-refractivity contribution is 0.103. The maximum atomic E-state index is 12.7. The van der Waals surface area contributed by atoms with Crippen LogP contribution in [0, 0.1) is 5.82 Å². The molecule has 2 aromatic rings. The predicted octanol–water partition coefficient (Wildman–Crippen LogP) is 2.64. The smallest absolute Gasteiger partial charge is 0.213 e. The highest BCUT2D eigenvalue weighted by molar-refractivity contribution is 6.07. The van der Waals surface area contributed by atoms with Crippen LogP contribution >= 0.6 is 0 Å². The number of hydrogen-bond acceptors (Lipinski definition) is 4. The van der Waals surface area contributed by atoms with Crippen LogP contribution in [0.25, 0.3) is 0 Å². The van der Waals surface area contributed by atoms with Crippen LogP contribution in [0.15, 0.2) is 36.8 Å². The van der Waals surface area contributed by atoms with Gasteiger partial charge in [0.05, 0.1) is 19.0 Å². The van der Waals surface area contributed by atoms with Crippen LogP contribution in [-0.2, 0) is 0 Å². The number of pyridine rings is 2. The van der Waals surface area contributed by atoms with E-state index in [9.17, 15) is 9.18 Å². The van der Waals surface area contributed by atoms with Crippen molar-refractivity contribution in [3.05, 3.63) is 53.9 Å². The van der Waals surface area contributed by atoms with Crippen molar-refractivity contribution in [1.29, 1.82) is 0 Å². The second-order valence-electron chi connectivity index (χ2n) is 3.95. The molecule has 0 saturated carbocycles. The van der Waals surface area contributed by atoms with Crippen molar-refractivity contribution in [2.45, 2.75) is 13.3 Å². The van der Waals surface area contributed by atoms with Crippen LogP contribution in [0.2, 0.25) is 0 Å². The molecule has 0 bridgehead atoms. The summed E-state index contributed by atoms with van der Waals surface area (Å²) < 4.78 is 18.2. The van der Waals surface area contributed by atoms with Crippen LogP contribution in [-0.4, -0.2) is 22.4 Å². The lowest BCUT2D eigenvalue weighted by Crippen LogP contribution is -2.05. The number of nitrogens with zero attached hydrogens (tertiary/aromatic N) is 2. The predicted molar refractivity (Wildman–Crippen MR) is 67.7 cm³/mol. The summed E-state index contributed by atoms with van der Waals surface area (Å²) in [5, 5.41) is 0. The van der Waals surface area contributed by atoms with Crippen LogP contribution in [0.1, 0.15) is 29.4 Å². The van der Waals surface area contributed by atoms with E-state index < -0.39 is 5.82 Å². The Hall–Kier alpha value is -2.30. The van der Waals surface area contributed by atoms with Gasteiger partial charge in [0, 0.05) is 11.8 Å². The molecule has 2 rings (SSSR count). The molecule has 0 unspecified atom stereocenters. The third kappa shape index (κ3) is 3.34. The van der Waals surface area contributed by atoms with Crippen LogP contribution in [0.3, 0.4) is 0 Å². The Balaban J connectivity index is 2.21. The van der Waals surface area contributed by atoms with Gasteiger partial charge in [0.15, 0.2) is 0 Å². The van der Waals surface area contributed by atoms with E-state index in [-0.39, 0.29) is 11.5 Å². The van der Waals surface area contributed by atoms with Crippen molar-refractivity contribution < 1.29 is 13.9 Å². The molecule has 4 nitrogen and oxygen atoms in total. The third-order valence-corrected chi connectivity index (χ3v) is 2.41. The van der Waals surface area contributed by atoms with Gasteiger partial charge in [0.25, 0.3) is 0 Å². The Morgan fingerprint density at radius 1 is 1.32 bits per heavy atom. The van der Waals surface area contributed by atoms with E-state index >= 15 is 0 Å². The average Bonchev–Trinajstić information content (AvgIpc) is 2.45. The van der Waals surface area contributed by atoms with Gasteiger partial charge >= 0.3 is 0 Å². The first-order valence-electron chi connectivity index (χ1n) is 5.95. The molecule has 5 heteroatoms. The Morgan fingerprint density at radius 3 is 2.84 bits per heavy atom. The van der Waals surface area contributed by atoms with Gasteiger partial charge in [0.1, 0.15) is 17.3 Å². The van der Waals surface area contributed by atoms with Crippen molar-refractivity contribution in [3.8, 4) is 5.75 Å². The quantitative estimate of drug-likeness (QED) is 0.775. The van der Waals surface area contributed by atoms with Crippen molar-refractivity contribution in [3.63, 3.8) is 0 Å². The zero-order chi connectivity index (χ0) is 13.7. The summed E-state index contributed by atoms with van der Waals surface area (Å²) in [6, 6.07) is 4.15. The lowest BCUT2D eigenvalue weighted by Gasteiger charge is -2.05. The fourth-order valence-electron chi connectivity index (χ4n) is 1.50. The summed E-state index contributed by atoms with van der Waals surface area (Å²) in [4.78, 5) is 19.8. The minimum Gasteiger partial charge on any atom is -0.492 e. The highest BCUT2D eigenvalue weighted by Gasteiger charge is 2.12. The van der Waals surface area contributed by atoms with E-state index in [1.54, 1.807) is 12.3 Å². The van der Waals surface area contributed by atoms with E-state index in [4.69, 9.17) is 4.74 Å². The summed E-state index contributed by atoms with van der Waals surface area (Å²) in [6.45, 7) is 2.55. The molecule has 0 aromatic carbocycles. The summed E-state index contributed by atoms with van der Waals surface area (Å²) in [7, 11) is 0. The third-order valence-electron chi connectivity index (χ3n) is 2.41. The molecule has 0 radical (unpaired) electrons. The summed E-state index contributed by atoms with van der Waals surface area (Å²) >= 11 is 0. The Labute approximate surface area is 110 Å². The van der Waals surface area contributed by atoms with Gasteiger partial charge in [-0.25, -0.2) is 9.37 Å². The summed E-state index contributed by atoms with van der Waals surface area (Å²) in [5.41, 5.74) is 0.545. The second-order valence-corrected chi connectivity index (χ2v) is 3.95. The maximum Gasteiger partial charge on any atom is 0.213 e. The molecule has 0 amide bonds. The molecular formula is C14H13FN2O2. The SMILES string of the molecule is CCCOc1cncc(C(=O)c2ccc(F)cn2)c1. The summed E-state index contributed by atoms with van der Waals surface area (Å²) in [5.74, 6) is -0.251. The van der Waals surface area contributed by atoms with Crippen LogP contribution in [0.4, 0.5) is 4.39 Å². The minimum atomic E-state index is -0.477. The number of halogens is 1. The molecule has 0 atom stereocenters. The molecule has 2 aromatic heterocycles. The molecule has 98 valence electrons. The van der Waals surface area contributed by atoms with Crippen molar-refractivity contribution in [2.75, 3.05) is 6.61 Å². The van der Waals surface area contributed by atoms with E-state index in [1.807, 2.05) is 6.92 Å². The molecule has 0 aliphatic heterocycles. The number of ether oxygens (including phenoxy) is 1. The molecule has 2 heterocycles. The number of hydrogen-bond donors (Lipinski definition) is 0. The Morgan fingerprint density at radius 2 is 2.16 bits per heavy atom. The van der Waals surface area contributed by atoms with Gasteiger partial charge in [-0.05, 0) is 24.6 Å². The lowest BCUT2D eigenvalue weighted by atomic mass is 10.1. The van der Waals surface area contributed by atoms with E-state index in [2.05, 4.69) is 9.97 Å². The zero-order valence-corrected chi connectivity index (χ0v) is 10.5. The number of rotatable bonds is 5. The normalized spacial score (nSPS) is 10.2.